The monoisotopic (exact) mass is 270 g/mol. The minimum Gasteiger partial charge on any atom is -0.333 e. The topological polar surface area (TPSA) is 24.4 Å². The third kappa shape index (κ3) is 3.22. The second-order valence-corrected chi connectivity index (χ2v) is 5.72. The minimum atomic E-state index is -0.593. The molecule has 1 aliphatic heterocycles. The fourth-order valence-electron chi connectivity index (χ4n) is 1.79. The van der Waals surface area contributed by atoms with E-state index in [4.69, 9.17) is 0 Å². The van der Waals surface area contributed by atoms with Crippen molar-refractivity contribution in [3.63, 3.8) is 0 Å². The highest BCUT2D eigenvalue weighted by molar-refractivity contribution is 8.14. The van der Waals surface area contributed by atoms with Crippen LogP contribution in [0.3, 0.4) is 0 Å². The molecule has 1 aromatic rings. The summed E-state index contributed by atoms with van der Waals surface area (Å²) in [7, 11) is 0. The Morgan fingerprint density at radius 1 is 1.39 bits per heavy atom. The van der Waals surface area contributed by atoms with Crippen molar-refractivity contribution in [2.24, 2.45) is 10.9 Å². The summed E-state index contributed by atoms with van der Waals surface area (Å²) in [5.41, 5.74) is 0.270. The van der Waals surface area contributed by atoms with Crippen molar-refractivity contribution in [1.29, 1.82) is 0 Å². The highest BCUT2D eigenvalue weighted by Crippen LogP contribution is 2.24. The first-order chi connectivity index (χ1) is 8.56. The zero-order valence-electron chi connectivity index (χ0n) is 10.4. The Hall–Kier alpha value is -1.10. The third-order valence-corrected chi connectivity index (χ3v) is 3.80. The predicted molar refractivity (Wildman–Crippen MR) is 73.1 cm³/mol. The molecule has 1 aromatic carbocycles. The number of halogens is 2. The number of nitrogens with one attached hydrogen (secondary N) is 1. The summed E-state index contributed by atoms with van der Waals surface area (Å²) in [6.45, 7) is 4.25. The molecule has 1 N–H and O–H groups in total. The summed E-state index contributed by atoms with van der Waals surface area (Å²) in [6, 6.07) is 3.78. The van der Waals surface area contributed by atoms with Crippen LogP contribution in [0.4, 0.5) is 14.5 Å². The van der Waals surface area contributed by atoms with Crippen molar-refractivity contribution in [1.82, 2.24) is 0 Å². The Morgan fingerprint density at radius 3 is 2.83 bits per heavy atom. The molecule has 0 radical (unpaired) electrons. The number of thioether (sulfide) groups is 1. The molecule has 0 saturated heterocycles. The number of hydrogen-bond donors (Lipinski definition) is 1. The van der Waals surface area contributed by atoms with E-state index in [0.29, 0.717) is 11.1 Å². The molecule has 1 aliphatic rings. The number of hydrogen-bond acceptors (Lipinski definition) is 3. The first kappa shape index (κ1) is 13.3. The summed E-state index contributed by atoms with van der Waals surface area (Å²) in [5.74, 6) is 0.277. The van der Waals surface area contributed by atoms with E-state index in [-0.39, 0.29) is 11.7 Å². The molecule has 0 saturated carbocycles. The van der Waals surface area contributed by atoms with Gasteiger partial charge in [0.1, 0.15) is 11.6 Å². The molecule has 0 amide bonds. The fraction of sp³-hybridized carbons (Fsp3) is 0.462. The van der Waals surface area contributed by atoms with E-state index in [9.17, 15) is 8.78 Å². The molecule has 0 aromatic heterocycles. The molecule has 1 atom stereocenters. The van der Waals surface area contributed by atoms with E-state index in [2.05, 4.69) is 24.2 Å². The van der Waals surface area contributed by atoms with Gasteiger partial charge < -0.3 is 5.32 Å². The van der Waals surface area contributed by atoms with Crippen molar-refractivity contribution in [3.8, 4) is 0 Å². The molecule has 0 aliphatic carbocycles. The molecule has 18 heavy (non-hydrogen) atoms. The summed E-state index contributed by atoms with van der Waals surface area (Å²) in [4.78, 5) is 4.55. The standard InChI is InChI=1S/C13H16F2N2S/c1-8(2)11-5-6-18-13(16-11)17-12-4-3-9(14)7-10(12)15/h3-4,7-8,11H,5-6H2,1-2H3,(H,16,17). The Kier molecular flexibility index (Phi) is 4.22. The van der Waals surface area contributed by atoms with Crippen LogP contribution in [-0.4, -0.2) is 17.0 Å². The number of anilines is 1. The Bertz CT molecular complexity index is 460. The summed E-state index contributed by atoms with van der Waals surface area (Å²) in [6.07, 6.45) is 1.04. The van der Waals surface area contributed by atoms with Gasteiger partial charge in [-0.1, -0.05) is 25.6 Å². The number of nitrogens with zero attached hydrogens (tertiary/aromatic N) is 1. The number of amidine groups is 1. The maximum atomic E-state index is 13.5. The van der Waals surface area contributed by atoms with E-state index >= 15 is 0 Å². The zero-order chi connectivity index (χ0) is 13.1. The number of rotatable bonds is 2. The summed E-state index contributed by atoms with van der Waals surface area (Å²) >= 11 is 1.57. The van der Waals surface area contributed by atoms with Crippen LogP contribution in [0.25, 0.3) is 0 Å². The summed E-state index contributed by atoms with van der Waals surface area (Å²) in [5, 5.41) is 3.65. The van der Waals surface area contributed by atoms with E-state index < -0.39 is 11.6 Å². The lowest BCUT2D eigenvalue weighted by Gasteiger charge is -2.23. The van der Waals surface area contributed by atoms with Crippen LogP contribution in [0.15, 0.2) is 23.2 Å². The van der Waals surface area contributed by atoms with Crippen molar-refractivity contribution >= 4 is 22.6 Å². The number of aliphatic imine (C=N–C) groups is 1. The molecule has 2 rings (SSSR count). The van der Waals surface area contributed by atoms with E-state index in [1.807, 2.05) is 0 Å². The molecule has 0 fully saturated rings. The van der Waals surface area contributed by atoms with Gasteiger partial charge in [0.15, 0.2) is 5.17 Å². The van der Waals surface area contributed by atoms with Gasteiger partial charge in [0, 0.05) is 11.8 Å². The molecule has 0 spiro atoms. The maximum Gasteiger partial charge on any atom is 0.161 e. The van der Waals surface area contributed by atoms with Gasteiger partial charge in [0.05, 0.1) is 11.7 Å². The van der Waals surface area contributed by atoms with Gasteiger partial charge in [0.25, 0.3) is 0 Å². The van der Waals surface area contributed by atoms with Gasteiger partial charge in [-0.05, 0) is 24.5 Å². The van der Waals surface area contributed by atoms with E-state index in [0.717, 1.165) is 18.2 Å². The number of benzene rings is 1. The second kappa shape index (κ2) is 5.69. The van der Waals surface area contributed by atoms with Gasteiger partial charge in [-0.2, -0.15) is 0 Å². The molecule has 98 valence electrons. The van der Waals surface area contributed by atoms with Crippen LogP contribution in [-0.2, 0) is 0 Å². The summed E-state index contributed by atoms with van der Waals surface area (Å²) < 4.78 is 26.3. The molecule has 1 heterocycles. The Balaban J connectivity index is 2.13. The molecular formula is C13H16F2N2S. The second-order valence-electron chi connectivity index (χ2n) is 4.63. The highest BCUT2D eigenvalue weighted by Gasteiger charge is 2.19. The first-order valence-corrected chi connectivity index (χ1v) is 6.97. The van der Waals surface area contributed by atoms with Crippen molar-refractivity contribution in [2.75, 3.05) is 11.1 Å². The first-order valence-electron chi connectivity index (χ1n) is 5.99. The third-order valence-electron chi connectivity index (χ3n) is 2.88. The van der Waals surface area contributed by atoms with Crippen LogP contribution in [0, 0.1) is 17.6 Å². The van der Waals surface area contributed by atoms with Crippen molar-refractivity contribution in [2.45, 2.75) is 26.3 Å². The lowest BCUT2D eigenvalue weighted by molar-refractivity contribution is 0.485. The van der Waals surface area contributed by atoms with Gasteiger partial charge >= 0.3 is 0 Å². The van der Waals surface area contributed by atoms with E-state index in [1.165, 1.54) is 12.1 Å². The Labute approximate surface area is 110 Å². The SMILES string of the molecule is CC(C)C1CCSC(Nc2ccc(F)cc2F)=N1. The largest absolute Gasteiger partial charge is 0.333 e. The molecule has 5 heteroatoms. The molecule has 0 bridgehead atoms. The Morgan fingerprint density at radius 2 is 2.17 bits per heavy atom. The average molecular weight is 270 g/mol. The van der Waals surface area contributed by atoms with Gasteiger partial charge in [-0.15, -0.1) is 0 Å². The van der Waals surface area contributed by atoms with Crippen LogP contribution in [0.5, 0.6) is 0 Å². The van der Waals surface area contributed by atoms with Crippen LogP contribution in [0.1, 0.15) is 20.3 Å². The average Bonchev–Trinajstić information content (AvgIpc) is 2.33. The van der Waals surface area contributed by atoms with Crippen LogP contribution >= 0.6 is 11.8 Å². The fourth-order valence-corrected chi connectivity index (χ4v) is 2.73. The van der Waals surface area contributed by atoms with Gasteiger partial charge in [-0.25, -0.2) is 8.78 Å². The molecule has 1 unspecified atom stereocenters. The van der Waals surface area contributed by atoms with Crippen LogP contribution < -0.4 is 5.32 Å². The van der Waals surface area contributed by atoms with Crippen molar-refractivity contribution < 1.29 is 8.78 Å². The van der Waals surface area contributed by atoms with Gasteiger partial charge in [0.2, 0.25) is 0 Å². The normalized spacial score (nSPS) is 19.8. The maximum absolute atomic E-state index is 13.5. The van der Waals surface area contributed by atoms with E-state index in [1.54, 1.807) is 11.8 Å². The van der Waals surface area contributed by atoms with Gasteiger partial charge in [-0.3, -0.25) is 4.99 Å². The predicted octanol–water partition coefficient (Wildman–Crippen LogP) is 3.89. The lowest BCUT2D eigenvalue weighted by atomic mass is 10.0. The lowest BCUT2D eigenvalue weighted by Crippen LogP contribution is -2.24. The van der Waals surface area contributed by atoms with Crippen LogP contribution in [0.2, 0.25) is 0 Å². The highest BCUT2D eigenvalue weighted by atomic mass is 32.2. The molecule has 2 nitrogen and oxygen atoms in total. The smallest absolute Gasteiger partial charge is 0.161 e. The minimum absolute atomic E-state index is 0.270. The molecular weight excluding hydrogens is 254 g/mol. The quantitative estimate of drug-likeness (QED) is 0.881. The van der Waals surface area contributed by atoms with Crippen molar-refractivity contribution in [3.05, 3.63) is 29.8 Å². The zero-order valence-corrected chi connectivity index (χ0v) is 11.2.